The predicted molar refractivity (Wildman–Crippen MR) is 106 cm³/mol. The van der Waals surface area contributed by atoms with Gasteiger partial charge in [-0.3, -0.25) is 9.59 Å². The summed E-state index contributed by atoms with van der Waals surface area (Å²) in [7, 11) is 0. The van der Waals surface area contributed by atoms with E-state index in [0.29, 0.717) is 23.6 Å². The second kappa shape index (κ2) is 7.44. The van der Waals surface area contributed by atoms with Crippen LogP contribution in [0.25, 0.3) is 0 Å². The van der Waals surface area contributed by atoms with Crippen LogP contribution in [-0.2, 0) is 4.79 Å². The first kappa shape index (κ1) is 20.2. The summed E-state index contributed by atoms with van der Waals surface area (Å²) in [5.74, 6) is -0.244. The Morgan fingerprint density at radius 2 is 2.00 bits per heavy atom. The maximum Gasteiger partial charge on any atom is 0.255 e. The van der Waals surface area contributed by atoms with E-state index >= 15 is 0 Å². The van der Waals surface area contributed by atoms with E-state index in [0.717, 1.165) is 25.7 Å². The summed E-state index contributed by atoms with van der Waals surface area (Å²) in [4.78, 5) is 26.9. The van der Waals surface area contributed by atoms with Crippen molar-refractivity contribution < 1.29 is 14.7 Å². The molecule has 2 fully saturated rings. The van der Waals surface area contributed by atoms with E-state index in [1.807, 2.05) is 11.8 Å². The van der Waals surface area contributed by atoms with Gasteiger partial charge in [-0.25, -0.2) is 0 Å². The van der Waals surface area contributed by atoms with E-state index in [9.17, 15) is 14.7 Å². The molecule has 1 heterocycles. The zero-order valence-corrected chi connectivity index (χ0v) is 17.1. The molecule has 1 aromatic carbocycles. The number of hydrogen-bond acceptors (Lipinski definition) is 3. The van der Waals surface area contributed by atoms with Gasteiger partial charge in [0.05, 0.1) is 22.2 Å². The van der Waals surface area contributed by atoms with Gasteiger partial charge in [-0.15, -0.1) is 0 Å². The highest BCUT2D eigenvalue weighted by Gasteiger charge is 2.59. The van der Waals surface area contributed by atoms with Gasteiger partial charge in [0.2, 0.25) is 5.91 Å². The number of amides is 2. The summed E-state index contributed by atoms with van der Waals surface area (Å²) in [6.07, 6.45) is 4.14. The minimum atomic E-state index is -0.863. The second-order valence-corrected chi connectivity index (χ2v) is 8.85. The van der Waals surface area contributed by atoms with Crippen molar-refractivity contribution in [2.75, 3.05) is 6.54 Å². The summed E-state index contributed by atoms with van der Waals surface area (Å²) in [5.41, 5.74) is -0.818. The lowest BCUT2D eigenvalue weighted by atomic mass is 9.67. The van der Waals surface area contributed by atoms with Gasteiger partial charge in [0, 0.05) is 24.9 Å². The molecule has 1 aliphatic carbocycles. The lowest BCUT2D eigenvalue weighted by Crippen LogP contribution is -2.52. The molecule has 0 radical (unpaired) electrons. The van der Waals surface area contributed by atoms with E-state index in [4.69, 9.17) is 11.6 Å². The average molecular weight is 393 g/mol. The number of hydrogen-bond donors (Lipinski definition) is 2. The standard InChI is InChI=1S/C21H29ClN2O3/c1-14(25)23-13-15-12-20(2)18(10-6-7-11-21(20,3)27)24(15)19(26)16-8-4-5-9-17(16)22/h4-5,8-9,15,18,27H,6-7,10-13H2,1-3H3,(H,23,25)/t15-,18-,20-,21+/m1/s1. The number of halogens is 1. The summed E-state index contributed by atoms with van der Waals surface area (Å²) in [5, 5.41) is 14.5. The van der Waals surface area contributed by atoms with Crippen molar-refractivity contribution >= 4 is 23.4 Å². The molecule has 2 aliphatic rings. The van der Waals surface area contributed by atoms with Gasteiger partial charge in [0.15, 0.2) is 0 Å². The lowest BCUT2D eigenvalue weighted by molar-refractivity contribution is -0.119. The molecule has 3 rings (SSSR count). The van der Waals surface area contributed by atoms with Gasteiger partial charge in [-0.2, -0.15) is 0 Å². The molecule has 1 aliphatic heterocycles. The van der Waals surface area contributed by atoms with Gasteiger partial charge in [0.1, 0.15) is 0 Å². The van der Waals surface area contributed by atoms with Gasteiger partial charge < -0.3 is 15.3 Å². The molecule has 27 heavy (non-hydrogen) atoms. The number of carbonyl (C=O) groups excluding carboxylic acids is 2. The van der Waals surface area contributed by atoms with E-state index in [1.165, 1.54) is 6.92 Å². The van der Waals surface area contributed by atoms with Crippen LogP contribution < -0.4 is 5.32 Å². The maximum atomic E-state index is 13.5. The van der Waals surface area contributed by atoms with Gasteiger partial charge in [0.25, 0.3) is 5.91 Å². The normalized spacial score (nSPS) is 33.3. The first-order chi connectivity index (χ1) is 12.7. The summed E-state index contributed by atoms with van der Waals surface area (Å²) in [6.45, 7) is 5.84. The molecule has 0 unspecified atom stereocenters. The molecular formula is C21H29ClN2O3. The van der Waals surface area contributed by atoms with E-state index in [2.05, 4.69) is 12.2 Å². The molecule has 2 amide bonds. The molecule has 6 heteroatoms. The zero-order valence-electron chi connectivity index (χ0n) is 16.3. The van der Waals surface area contributed by atoms with Crippen molar-refractivity contribution in [2.45, 2.75) is 70.6 Å². The fourth-order valence-electron chi connectivity index (χ4n) is 4.93. The molecule has 1 saturated heterocycles. The lowest BCUT2D eigenvalue weighted by Gasteiger charge is -2.43. The van der Waals surface area contributed by atoms with Gasteiger partial charge in [-0.05, 0) is 38.3 Å². The minimum Gasteiger partial charge on any atom is -0.390 e. The van der Waals surface area contributed by atoms with Crippen LogP contribution in [0.4, 0.5) is 0 Å². The molecule has 1 saturated carbocycles. The van der Waals surface area contributed by atoms with Crippen LogP contribution in [0, 0.1) is 5.41 Å². The second-order valence-electron chi connectivity index (χ2n) is 8.44. The number of carbonyl (C=O) groups is 2. The fraction of sp³-hybridized carbons (Fsp3) is 0.619. The third kappa shape index (κ3) is 3.59. The third-order valence-electron chi connectivity index (χ3n) is 6.67. The van der Waals surface area contributed by atoms with Crippen LogP contribution in [0.2, 0.25) is 5.02 Å². The quantitative estimate of drug-likeness (QED) is 0.828. The third-order valence-corrected chi connectivity index (χ3v) is 7.00. The largest absolute Gasteiger partial charge is 0.390 e. The summed E-state index contributed by atoms with van der Waals surface area (Å²) in [6, 6.07) is 6.81. The van der Waals surface area contributed by atoms with Crippen LogP contribution in [-0.4, -0.2) is 46.1 Å². The van der Waals surface area contributed by atoms with Gasteiger partial charge >= 0.3 is 0 Å². The molecule has 5 nitrogen and oxygen atoms in total. The molecule has 2 N–H and O–H groups in total. The Kier molecular flexibility index (Phi) is 5.55. The number of rotatable bonds is 3. The van der Waals surface area contributed by atoms with Crippen molar-refractivity contribution in [2.24, 2.45) is 5.41 Å². The fourth-order valence-corrected chi connectivity index (χ4v) is 5.14. The van der Waals surface area contributed by atoms with Crippen molar-refractivity contribution in [3.63, 3.8) is 0 Å². The van der Waals surface area contributed by atoms with Crippen molar-refractivity contribution in [1.29, 1.82) is 0 Å². The first-order valence-electron chi connectivity index (χ1n) is 9.71. The molecule has 1 aromatic rings. The van der Waals surface area contributed by atoms with Gasteiger partial charge in [-0.1, -0.05) is 43.5 Å². The minimum absolute atomic E-state index is 0.0856. The summed E-state index contributed by atoms with van der Waals surface area (Å²) >= 11 is 6.30. The number of likely N-dealkylation sites (tertiary alicyclic amines) is 1. The van der Waals surface area contributed by atoms with E-state index in [1.54, 1.807) is 24.3 Å². The van der Waals surface area contributed by atoms with Crippen LogP contribution in [0.15, 0.2) is 24.3 Å². The topological polar surface area (TPSA) is 69.6 Å². The number of nitrogens with one attached hydrogen (secondary N) is 1. The molecule has 148 valence electrons. The van der Waals surface area contributed by atoms with Crippen LogP contribution in [0.3, 0.4) is 0 Å². The van der Waals surface area contributed by atoms with Crippen molar-refractivity contribution in [3.8, 4) is 0 Å². The molecule has 0 bridgehead atoms. The number of fused-ring (bicyclic) bond motifs is 1. The summed E-state index contributed by atoms with van der Waals surface area (Å²) < 4.78 is 0. The Morgan fingerprint density at radius 1 is 1.30 bits per heavy atom. The van der Waals surface area contributed by atoms with E-state index in [-0.39, 0.29) is 23.9 Å². The highest BCUT2D eigenvalue weighted by molar-refractivity contribution is 6.33. The number of aliphatic hydroxyl groups is 1. The number of benzene rings is 1. The number of nitrogens with zero attached hydrogens (tertiary/aromatic N) is 1. The monoisotopic (exact) mass is 392 g/mol. The van der Waals surface area contributed by atoms with Crippen molar-refractivity contribution in [1.82, 2.24) is 10.2 Å². The molecule has 0 spiro atoms. The average Bonchev–Trinajstić information content (AvgIpc) is 2.84. The SMILES string of the molecule is CC(=O)NC[C@H]1C[C@]2(C)[C@@H](CCCC[C@]2(C)O)N1C(=O)c1ccccc1Cl. The predicted octanol–water partition coefficient (Wildman–Crippen LogP) is 3.39. The Balaban J connectivity index is 2.01. The van der Waals surface area contributed by atoms with Crippen LogP contribution in [0.5, 0.6) is 0 Å². The zero-order chi connectivity index (χ0) is 19.8. The highest BCUT2D eigenvalue weighted by atomic mass is 35.5. The smallest absolute Gasteiger partial charge is 0.255 e. The van der Waals surface area contributed by atoms with E-state index < -0.39 is 11.0 Å². The Bertz CT molecular complexity index is 736. The molecule has 0 aromatic heterocycles. The van der Waals surface area contributed by atoms with Crippen molar-refractivity contribution in [3.05, 3.63) is 34.9 Å². The Hall–Kier alpha value is -1.59. The maximum absolute atomic E-state index is 13.5. The molecule has 4 atom stereocenters. The van der Waals surface area contributed by atoms with Crippen LogP contribution in [0.1, 0.15) is 63.2 Å². The first-order valence-corrected chi connectivity index (χ1v) is 10.1. The van der Waals surface area contributed by atoms with Crippen LogP contribution >= 0.6 is 11.6 Å². The Labute approximate surface area is 166 Å². The Morgan fingerprint density at radius 3 is 2.67 bits per heavy atom. The highest BCUT2D eigenvalue weighted by Crippen LogP contribution is 2.53. The molecular weight excluding hydrogens is 364 g/mol.